The van der Waals surface area contributed by atoms with Crippen LogP contribution in [0.25, 0.3) is 6.08 Å². The van der Waals surface area contributed by atoms with Gasteiger partial charge in [-0.15, -0.1) is 0 Å². The maximum absolute atomic E-state index is 11.9. The van der Waals surface area contributed by atoms with Gasteiger partial charge in [0, 0.05) is 22.3 Å². The Kier molecular flexibility index (Phi) is 6.04. The van der Waals surface area contributed by atoms with E-state index in [9.17, 15) is 4.79 Å². The van der Waals surface area contributed by atoms with Gasteiger partial charge >= 0.3 is 0 Å². The second-order valence-corrected chi connectivity index (χ2v) is 5.16. The minimum atomic E-state index is -0.215. The van der Waals surface area contributed by atoms with Crippen molar-refractivity contribution in [2.24, 2.45) is 0 Å². The Morgan fingerprint density at radius 2 is 2.05 bits per heavy atom. The molecule has 0 heterocycles. The summed E-state index contributed by atoms with van der Waals surface area (Å²) in [5, 5.41) is 3.35. The van der Waals surface area contributed by atoms with E-state index in [0.29, 0.717) is 17.3 Å². The third-order valence-electron chi connectivity index (χ3n) is 2.89. The van der Waals surface area contributed by atoms with E-state index in [1.807, 2.05) is 24.3 Å². The number of anilines is 1. The van der Waals surface area contributed by atoms with Gasteiger partial charge in [0.15, 0.2) is 0 Å². The molecular weight excluding hydrogens is 298 g/mol. The van der Waals surface area contributed by atoms with Crippen molar-refractivity contribution in [3.05, 3.63) is 65.2 Å². The van der Waals surface area contributed by atoms with Gasteiger partial charge in [-0.05, 0) is 36.8 Å². The van der Waals surface area contributed by atoms with Gasteiger partial charge in [0.05, 0.1) is 6.61 Å². The maximum Gasteiger partial charge on any atom is 0.248 e. The summed E-state index contributed by atoms with van der Waals surface area (Å²) >= 11 is 5.88. The summed E-state index contributed by atoms with van der Waals surface area (Å²) in [5.74, 6) is 0.559. The van der Waals surface area contributed by atoms with E-state index in [4.69, 9.17) is 16.3 Å². The van der Waals surface area contributed by atoms with E-state index in [1.165, 1.54) is 6.08 Å². The molecule has 4 heteroatoms. The fourth-order valence-electron chi connectivity index (χ4n) is 1.88. The van der Waals surface area contributed by atoms with E-state index in [-0.39, 0.29) is 5.91 Å². The molecule has 114 valence electrons. The number of carbonyl (C=O) groups is 1. The minimum absolute atomic E-state index is 0.215. The predicted octanol–water partition coefficient (Wildman–Crippen LogP) is 4.78. The molecule has 0 aliphatic rings. The van der Waals surface area contributed by atoms with Crippen LogP contribution < -0.4 is 10.1 Å². The number of hydrogen-bond donors (Lipinski definition) is 1. The average Bonchev–Trinajstić information content (AvgIpc) is 2.51. The average molecular weight is 316 g/mol. The van der Waals surface area contributed by atoms with Crippen molar-refractivity contribution in [3.8, 4) is 5.75 Å². The molecule has 2 aromatic rings. The van der Waals surface area contributed by atoms with Crippen LogP contribution in [0.3, 0.4) is 0 Å². The maximum atomic E-state index is 11.9. The second kappa shape index (κ2) is 8.25. The summed E-state index contributed by atoms with van der Waals surface area (Å²) < 4.78 is 5.65. The number of para-hydroxylation sites is 1. The Bertz CT molecular complexity index is 668. The van der Waals surface area contributed by atoms with Crippen molar-refractivity contribution in [1.82, 2.24) is 0 Å². The first kappa shape index (κ1) is 16.1. The van der Waals surface area contributed by atoms with Gasteiger partial charge in [-0.1, -0.05) is 42.8 Å². The fraction of sp³-hybridized carbons (Fsp3) is 0.167. The molecule has 2 rings (SSSR count). The summed E-state index contributed by atoms with van der Waals surface area (Å²) in [4.78, 5) is 11.9. The zero-order valence-electron chi connectivity index (χ0n) is 12.4. The molecule has 0 spiro atoms. The number of amides is 1. The third kappa shape index (κ3) is 4.93. The molecule has 1 N–H and O–H groups in total. The van der Waals surface area contributed by atoms with Crippen LogP contribution >= 0.6 is 11.6 Å². The standard InChI is InChI=1S/C18H18ClNO2/c1-2-12-22-17-9-4-3-6-14(17)10-11-18(21)20-16-8-5-7-15(19)13-16/h3-11,13H,2,12H2,1H3,(H,20,21)/b11-10+. The first-order chi connectivity index (χ1) is 10.7. The topological polar surface area (TPSA) is 38.3 Å². The minimum Gasteiger partial charge on any atom is -0.493 e. The molecule has 0 fully saturated rings. The monoisotopic (exact) mass is 315 g/mol. The number of rotatable bonds is 6. The summed E-state index contributed by atoms with van der Waals surface area (Å²) in [6.07, 6.45) is 4.16. The van der Waals surface area contributed by atoms with E-state index < -0.39 is 0 Å². The molecule has 0 saturated heterocycles. The predicted molar refractivity (Wildman–Crippen MR) is 91.3 cm³/mol. The van der Waals surface area contributed by atoms with Crippen LogP contribution in [0, 0.1) is 0 Å². The van der Waals surface area contributed by atoms with Crippen LogP contribution in [0.2, 0.25) is 5.02 Å². The number of ether oxygens (including phenoxy) is 1. The lowest BCUT2D eigenvalue weighted by Gasteiger charge is -2.07. The molecule has 2 aromatic carbocycles. The molecular formula is C18H18ClNO2. The van der Waals surface area contributed by atoms with E-state index in [1.54, 1.807) is 30.3 Å². The van der Waals surface area contributed by atoms with Crippen LogP contribution in [0.1, 0.15) is 18.9 Å². The highest BCUT2D eigenvalue weighted by Crippen LogP contribution is 2.20. The number of hydrogen-bond acceptors (Lipinski definition) is 2. The molecule has 0 saturated carbocycles. The summed E-state index contributed by atoms with van der Waals surface area (Å²) in [7, 11) is 0. The highest BCUT2D eigenvalue weighted by Gasteiger charge is 2.01. The first-order valence-corrected chi connectivity index (χ1v) is 7.53. The summed E-state index contributed by atoms with van der Waals surface area (Å²) in [5.41, 5.74) is 1.54. The lowest BCUT2D eigenvalue weighted by atomic mass is 10.2. The molecule has 22 heavy (non-hydrogen) atoms. The lowest BCUT2D eigenvalue weighted by molar-refractivity contribution is -0.111. The highest BCUT2D eigenvalue weighted by molar-refractivity contribution is 6.30. The smallest absolute Gasteiger partial charge is 0.248 e. The van der Waals surface area contributed by atoms with Gasteiger partial charge in [0.2, 0.25) is 5.91 Å². The number of benzene rings is 2. The van der Waals surface area contributed by atoms with Gasteiger partial charge in [-0.3, -0.25) is 4.79 Å². The number of halogens is 1. The van der Waals surface area contributed by atoms with E-state index in [0.717, 1.165) is 17.7 Å². The van der Waals surface area contributed by atoms with Gasteiger partial charge in [0.1, 0.15) is 5.75 Å². The van der Waals surface area contributed by atoms with Crippen LogP contribution in [-0.4, -0.2) is 12.5 Å². The Morgan fingerprint density at radius 3 is 2.82 bits per heavy atom. The Balaban J connectivity index is 2.03. The largest absolute Gasteiger partial charge is 0.493 e. The zero-order chi connectivity index (χ0) is 15.8. The molecule has 0 bridgehead atoms. The molecule has 1 amide bonds. The molecule has 0 atom stereocenters. The highest BCUT2D eigenvalue weighted by atomic mass is 35.5. The molecule has 0 aliphatic heterocycles. The SMILES string of the molecule is CCCOc1ccccc1/C=C/C(=O)Nc1cccc(Cl)c1. The normalized spacial score (nSPS) is 10.6. The number of carbonyl (C=O) groups excluding carboxylic acids is 1. The van der Waals surface area contributed by atoms with Crippen molar-refractivity contribution >= 4 is 29.3 Å². The van der Waals surface area contributed by atoms with Crippen LogP contribution in [0.4, 0.5) is 5.69 Å². The summed E-state index contributed by atoms with van der Waals surface area (Å²) in [6, 6.07) is 14.7. The summed E-state index contributed by atoms with van der Waals surface area (Å²) in [6.45, 7) is 2.70. The molecule has 0 aliphatic carbocycles. The van der Waals surface area contributed by atoms with Crippen molar-refractivity contribution in [2.45, 2.75) is 13.3 Å². The third-order valence-corrected chi connectivity index (χ3v) is 3.12. The van der Waals surface area contributed by atoms with Crippen molar-refractivity contribution in [2.75, 3.05) is 11.9 Å². The second-order valence-electron chi connectivity index (χ2n) is 4.72. The van der Waals surface area contributed by atoms with Crippen molar-refractivity contribution in [1.29, 1.82) is 0 Å². The van der Waals surface area contributed by atoms with Gasteiger partial charge in [-0.25, -0.2) is 0 Å². The molecule has 3 nitrogen and oxygen atoms in total. The van der Waals surface area contributed by atoms with Crippen molar-refractivity contribution in [3.63, 3.8) is 0 Å². The van der Waals surface area contributed by atoms with Crippen molar-refractivity contribution < 1.29 is 9.53 Å². The number of nitrogens with one attached hydrogen (secondary N) is 1. The fourth-order valence-corrected chi connectivity index (χ4v) is 2.07. The van der Waals surface area contributed by atoms with Gasteiger partial charge in [-0.2, -0.15) is 0 Å². The van der Waals surface area contributed by atoms with Gasteiger partial charge in [0.25, 0.3) is 0 Å². The van der Waals surface area contributed by atoms with Crippen LogP contribution in [0.5, 0.6) is 5.75 Å². The molecule has 0 unspecified atom stereocenters. The van der Waals surface area contributed by atoms with Crippen LogP contribution in [0.15, 0.2) is 54.6 Å². The Hall–Kier alpha value is -2.26. The zero-order valence-corrected chi connectivity index (χ0v) is 13.1. The molecule has 0 radical (unpaired) electrons. The Labute approximate surface area is 135 Å². The quantitative estimate of drug-likeness (QED) is 0.779. The first-order valence-electron chi connectivity index (χ1n) is 7.15. The van der Waals surface area contributed by atoms with Crippen LogP contribution in [-0.2, 0) is 4.79 Å². The van der Waals surface area contributed by atoms with E-state index in [2.05, 4.69) is 12.2 Å². The van der Waals surface area contributed by atoms with Gasteiger partial charge < -0.3 is 10.1 Å². The van der Waals surface area contributed by atoms with E-state index >= 15 is 0 Å². The Morgan fingerprint density at radius 1 is 1.23 bits per heavy atom. The lowest BCUT2D eigenvalue weighted by Crippen LogP contribution is -2.07. The molecule has 0 aromatic heterocycles.